The van der Waals surface area contributed by atoms with Gasteiger partial charge >= 0.3 is 0 Å². The molecule has 0 aliphatic carbocycles. The largest absolute Gasteiger partial charge is 0.488 e. The summed E-state index contributed by atoms with van der Waals surface area (Å²) in [6.07, 6.45) is 2.29. The highest BCUT2D eigenvalue weighted by atomic mass is 32.1. The number of guanidine groups is 1. The van der Waals surface area contributed by atoms with Gasteiger partial charge in [0, 0.05) is 44.0 Å². The first kappa shape index (κ1) is 18.3. The number of fused-ring (bicyclic) bond motifs is 2. The van der Waals surface area contributed by atoms with Gasteiger partial charge in [-0.1, -0.05) is 18.2 Å². The Bertz CT molecular complexity index is 778. The summed E-state index contributed by atoms with van der Waals surface area (Å²) in [4.78, 5) is 8.47. The fourth-order valence-corrected chi connectivity index (χ4v) is 4.71. The van der Waals surface area contributed by atoms with E-state index in [4.69, 9.17) is 4.74 Å². The number of nitrogens with zero attached hydrogens (tertiary/aromatic N) is 2. The number of para-hydroxylation sites is 1. The molecule has 5 nitrogen and oxygen atoms in total. The quantitative estimate of drug-likeness (QED) is 0.615. The first-order valence-corrected chi connectivity index (χ1v) is 10.6. The summed E-state index contributed by atoms with van der Waals surface area (Å²) in [5.41, 5.74) is 2.79. The highest BCUT2D eigenvalue weighted by Crippen LogP contribution is 2.27. The lowest BCUT2D eigenvalue weighted by Gasteiger charge is -2.32. The first-order chi connectivity index (χ1) is 13.2. The van der Waals surface area contributed by atoms with Gasteiger partial charge in [0.15, 0.2) is 5.96 Å². The maximum absolute atomic E-state index is 6.00. The summed E-state index contributed by atoms with van der Waals surface area (Å²) in [6.45, 7) is 6.11. The number of hydrogen-bond acceptors (Lipinski definition) is 4. The third-order valence-electron chi connectivity index (χ3n) is 5.46. The van der Waals surface area contributed by atoms with Crippen LogP contribution in [0.2, 0.25) is 0 Å². The molecule has 4 rings (SSSR count). The molecule has 6 heteroatoms. The van der Waals surface area contributed by atoms with Crippen LogP contribution in [0.25, 0.3) is 0 Å². The van der Waals surface area contributed by atoms with Crippen molar-refractivity contribution in [1.82, 2.24) is 15.5 Å². The van der Waals surface area contributed by atoms with Crippen molar-refractivity contribution in [3.63, 3.8) is 0 Å². The molecule has 1 aromatic heterocycles. The molecule has 2 aliphatic rings. The van der Waals surface area contributed by atoms with Crippen molar-refractivity contribution in [1.29, 1.82) is 0 Å². The van der Waals surface area contributed by atoms with Crippen molar-refractivity contribution in [2.24, 2.45) is 4.99 Å². The van der Waals surface area contributed by atoms with Gasteiger partial charge in [-0.05, 0) is 42.0 Å². The highest BCUT2D eigenvalue weighted by Gasteiger charge is 2.23. The Hall–Kier alpha value is -2.05. The first-order valence-electron chi connectivity index (χ1n) is 9.71. The number of rotatable bonds is 5. The van der Waals surface area contributed by atoms with Crippen LogP contribution in [0.5, 0.6) is 5.75 Å². The molecule has 0 fully saturated rings. The minimum absolute atomic E-state index is 0.164. The van der Waals surface area contributed by atoms with E-state index >= 15 is 0 Å². The van der Waals surface area contributed by atoms with Gasteiger partial charge in [0.1, 0.15) is 11.9 Å². The second-order valence-electron chi connectivity index (χ2n) is 7.32. The number of aliphatic imine (C=N–C) groups is 1. The Kier molecular flexibility index (Phi) is 5.64. The lowest BCUT2D eigenvalue weighted by molar-refractivity contribution is 0.192. The average molecular weight is 385 g/mol. The smallest absolute Gasteiger partial charge is 0.191 e. The lowest BCUT2D eigenvalue weighted by Crippen LogP contribution is -2.48. The average Bonchev–Trinajstić information content (AvgIpc) is 3.33. The molecule has 0 spiro atoms. The zero-order valence-corrected chi connectivity index (χ0v) is 16.9. The van der Waals surface area contributed by atoms with E-state index in [1.165, 1.54) is 17.5 Å². The second-order valence-corrected chi connectivity index (χ2v) is 8.32. The van der Waals surface area contributed by atoms with E-state index in [1.54, 1.807) is 4.88 Å². The number of benzene rings is 1. The van der Waals surface area contributed by atoms with Gasteiger partial charge in [-0.2, -0.15) is 0 Å². The molecule has 2 aliphatic heterocycles. The monoisotopic (exact) mass is 384 g/mol. The van der Waals surface area contributed by atoms with Crippen molar-refractivity contribution >= 4 is 17.3 Å². The van der Waals surface area contributed by atoms with Crippen LogP contribution in [0.15, 0.2) is 40.7 Å². The van der Waals surface area contributed by atoms with Crippen LogP contribution in [0.3, 0.4) is 0 Å². The predicted octanol–water partition coefficient (Wildman–Crippen LogP) is 2.66. The van der Waals surface area contributed by atoms with Crippen LogP contribution in [0.1, 0.15) is 22.9 Å². The molecule has 2 N–H and O–H groups in total. The summed E-state index contributed by atoms with van der Waals surface area (Å²) >= 11 is 1.89. The Morgan fingerprint density at radius 2 is 2.19 bits per heavy atom. The predicted molar refractivity (Wildman–Crippen MR) is 112 cm³/mol. The van der Waals surface area contributed by atoms with Gasteiger partial charge < -0.3 is 15.4 Å². The Balaban J connectivity index is 1.22. The van der Waals surface area contributed by atoms with Crippen molar-refractivity contribution < 1.29 is 4.74 Å². The summed E-state index contributed by atoms with van der Waals surface area (Å²) in [5.74, 6) is 1.86. The van der Waals surface area contributed by atoms with Crippen molar-refractivity contribution in [3.8, 4) is 5.75 Å². The molecule has 0 saturated heterocycles. The fourth-order valence-electron chi connectivity index (χ4n) is 3.82. The normalized spacial score (nSPS) is 20.5. The van der Waals surface area contributed by atoms with E-state index in [0.717, 1.165) is 44.3 Å². The molecule has 0 radical (unpaired) electrons. The number of hydrogen-bond donors (Lipinski definition) is 2. The molecule has 2 atom stereocenters. The number of nitrogens with one attached hydrogen (secondary N) is 2. The maximum Gasteiger partial charge on any atom is 0.191 e. The molecular formula is C21H28N4OS. The Morgan fingerprint density at radius 1 is 1.30 bits per heavy atom. The standard InChI is InChI=1S/C21H28N4OS/c1-15(25-9-7-20-17(14-25)8-10-27-20)12-23-21(22-2)24-13-18-11-16-5-3-4-6-19(16)26-18/h3-6,8,10,15,18H,7,9,11-14H2,1-2H3,(H2,22,23,24). The zero-order valence-electron chi connectivity index (χ0n) is 16.1. The number of ether oxygens (including phenoxy) is 1. The summed E-state index contributed by atoms with van der Waals surface area (Å²) in [5, 5.41) is 9.10. The molecule has 2 unspecified atom stereocenters. The van der Waals surface area contributed by atoms with Crippen molar-refractivity contribution in [2.75, 3.05) is 26.7 Å². The Labute approximate surface area is 165 Å². The van der Waals surface area contributed by atoms with Crippen LogP contribution in [-0.2, 0) is 19.4 Å². The van der Waals surface area contributed by atoms with E-state index in [0.29, 0.717) is 6.04 Å². The van der Waals surface area contributed by atoms with Crippen LogP contribution in [0.4, 0.5) is 0 Å². The third kappa shape index (κ3) is 4.28. The van der Waals surface area contributed by atoms with Gasteiger partial charge in [-0.15, -0.1) is 11.3 Å². The van der Waals surface area contributed by atoms with E-state index in [1.807, 2.05) is 30.5 Å². The molecule has 1 aromatic carbocycles. The zero-order chi connectivity index (χ0) is 18.6. The second kappa shape index (κ2) is 8.31. The van der Waals surface area contributed by atoms with Gasteiger partial charge in [0.05, 0.1) is 6.54 Å². The molecular weight excluding hydrogens is 356 g/mol. The Morgan fingerprint density at radius 3 is 3.04 bits per heavy atom. The van der Waals surface area contributed by atoms with Crippen LogP contribution in [0, 0.1) is 0 Å². The summed E-state index contributed by atoms with van der Waals surface area (Å²) in [6, 6.07) is 11.0. The lowest BCUT2D eigenvalue weighted by atomic mass is 10.1. The summed E-state index contributed by atoms with van der Waals surface area (Å²) < 4.78 is 6.00. The summed E-state index contributed by atoms with van der Waals surface area (Å²) in [7, 11) is 1.82. The molecule has 0 bridgehead atoms. The van der Waals surface area contributed by atoms with E-state index < -0.39 is 0 Å². The fraction of sp³-hybridized carbons (Fsp3) is 0.476. The topological polar surface area (TPSA) is 48.9 Å². The van der Waals surface area contributed by atoms with E-state index in [-0.39, 0.29) is 6.10 Å². The highest BCUT2D eigenvalue weighted by molar-refractivity contribution is 7.10. The van der Waals surface area contributed by atoms with Crippen molar-refractivity contribution in [3.05, 3.63) is 51.7 Å². The molecule has 144 valence electrons. The van der Waals surface area contributed by atoms with Crippen LogP contribution >= 0.6 is 11.3 Å². The third-order valence-corrected chi connectivity index (χ3v) is 6.48. The molecule has 0 amide bonds. The minimum atomic E-state index is 0.164. The van der Waals surface area contributed by atoms with Crippen molar-refractivity contribution in [2.45, 2.75) is 38.5 Å². The van der Waals surface area contributed by atoms with Gasteiger partial charge in [0.2, 0.25) is 0 Å². The van der Waals surface area contributed by atoms with Gasteiger partial charge in [-0.3, -0.25) is 9.89 Å². The van der Waals surface area contributed by atoms with Gasteiger partial charge in [-0.25, -0.2) is 0 Å². The van der Waals surface area contributed by atoms with E-state index in [9.17, 15) is 0 Å². The molecule has 0 saturated carbocycles. The SMILES string of the molecule is CN=C(NCC1Cc2ccccc2O1)NCC(C)N1CCc2sccc2C1. The van der Waals surface area contributed by atoms with E-state index in [2.05, 4.69) is 51.0 Å². The minimum Gasteiger partial charge on any atom is -0.488 e. The maximum atomic E-state index is 6.00. The van der Waals surface area contributed by atoms with Crippen LogP contribution in [-0.4, -0.2) is 49.7 Å². The molecule has 2 aromatic rings. The number of thiophene rings is 1. The molecule has 3 heterocycles. The van der Waals surface area contributed by atoms with Crippen LogP contribution < -0.4 is 15.4 Å². The van der Waals surface area contributed by atoms with Gasteiger partial charge in [0.25, 0.3) is 0 Å². The molecule has 27 heavy (non-hydrogen) atoms.